The van der Waals surface area contributed by atoms with Crippen LogP contribution in [-0.2, 0) is 0 Å². The molecule has 0 atom stereocenters. The minimum absolute atomic E-state index is 0.275. The van der Waals surface area contributed by atoms with E-state index in [1.165, 1.54) is 12.1 Å². The zero-order valence-electron chi connectivity index (χ0n) is 16.3. The van der Waals surface area contributed by atoms with Crippen LogP contribution in [0.2, 0.25) is 0 Å². The standard InChI is InChI=1S/C21H29FN4/c1-7-10-11-17(8-2)26(6)15(4)18(9-3)21(24-5)25-20-14-16(23)12-13-19(20)22/h8-14H,4,7,23H2,1-3,5-6H3,(H,24,25)/b11-10-,17-8+,18-9-. The largest absolute Gasteiger partial charge is 0.399 e. The Morgan fingerprint density at radius 3 is 2.58 bits per heavy atom. The molecule has 1 aromatic carbocycles. The maximum absolute atomic E-state index is 14.1. The summed E-state index contributed by atoms with van der Waals surface area (Å²) in [7, 11) is 3.59. The van der Waals surface area contributed by atoms with Gasteiger partial charge in [-0.25, -0.2) is 4.39 Å². The van der Waals surface area contributed by atoms with E-state index in [1.54, 1.807) is 13.1 Å². The van der Waals surface area contributed by atoms with Crippen molar-refractivity contribution in [3.8, 4) is 0 Å². The molecule has 0 radical (unpaired) electrons. The SMILES string of the molecule is C=C(/C(=C/C)C(=NC)Nc1cc(N)ccc1F)N(C)C(/C=C\CC)=C/C. The molecule has 0 bridgehead atoms. The number of aliphatic imine (C=N–C) groups is 1. The summed E-state index contributed by atoms with van der Waals surface area (Å²) in [5.74, 6) is 0.124. The fraction of sp³-hybridized carbons (Fsp3) is 0.286. The summed E-state index contributed by atoms with van der Waals surface area (Å²) >= 11 is 0. The van der Waals surface area contributed by atoms with Crippen LogP contribution in [0, 0.1) is 5.82 Å². The number of benzene rings is 1. The Balaban J connectivity index is 3.13. The molecule has 0 heterocycles. The van der Waals surface area contributed by atoms with E-state index in [1.807, 2.05) is 44.0 Å². The normalized spacial score (nSPS) is 13.2. The summed E-state index contributed by atoms with van der Waals surface area (Å²) in [5.41, 5.74) is 9.06. The van der Waals surface area contributed by atoms with Gasteiger partial charge in [0.15, 0.2) is 0 Å². The van der Waals surface area contributed by atoms with Crippen molar-refractivity contribution in [1.29, 1.82) is 0 Å². The Kier molecular flexibility index (Phi) is 8.35. The summed E-state index contributed by atoms with van der Waals surface area (Å²) in [5, 5.41) is 3.03. The fourth-order valence-electron chi connectivity index (χ4n) is 2.43. The molecule has 0 spiro atoms. The lowest BCUT2D eigenvalue weighted by Gasteiger charge is -2.26. The summed E-state index contributed by atoms with van der Waals surface area (Å²) in [6.07, 6.45) is 9.00. The van der Waals surface area contributed by atoms with Crippen molar-refractivity contribution in [1.82, 2.24) is 4.90 Å². The predicted molar refractivity (Wildman–Crippen MR) is 112 cm³/mol. The van der Waals surface area contributed by atoms with Gasteiger partial charge in [-0.2, -0.15) is 0 Å². The Labute approximate surface area is 156 Å². The molecule has 0 saturated heterocycles. The van der Waals surface area contributed by atoms with Gasteiger partial charge in [0.2, 0.25) is 0 Å². The van der Waals surface area contributed by atoms with Crippen molar-refractivity contribution in [3.05, 3.63) is 71.9 Å². The van der Waals surface area contributed by atoms with Crippen molar-refractivity contribution in [2.75, 3.05) is 25.1 Å². The minimum atomic E-state index is -0.394. The molecule has 1 rings (SSSR count). The van der Waals surface area contributed by atoms with Crippen LogP contribution in [0.5, 0.6) is 0 Å². The highest BCUT2D eigenvalue weighted by molar-refractivity contribution is 6.10. The molecule has 26 heavy (non-hydrogen) atoms. The molecule has 0 saturated carbocycles. The molecular weight excluding hydrogens is 327 g/mol. The number of amidine groups is 1. The third-order valence-corrected chi connectivity index (χ3v) is 3.93. The highest BCUT2D eigenvalue weighted by atomic mass is 19.1. The average molecular weight is 356 g/mol. The van der Waals surface area contributed by atoms with E-state index in [9.17, 15) is 4.39 Å². The fourth-order valence-corrected chi connectivity index (χ4v) is 2.43. The van der Waals surface area contributed by atoms with Gasteiger partial charge in [-0.05, 0) is 44.5 Å². The molecule has 0 unspecified atom stereocenters. The van der Waals surface area contributed by atoms with Crippen molar-refractivity contribution < 1.29 is 4.39 Å². The number of hydrogen-bond acceptors (Lipinski definition) is 3. The Hall–Kier alpha value is -2.82. The molecule has 0 aliphatic carbocycles. The number of nitrogen functional groups attached to an aromatic ring is 1. The van der Waals surface area contributed by atoms with E-state index < -0.39 is 5.82 Å². The average Bonchev–Trinajstić information content (AvgIpc) is 2.64. The molecule has 4 nitrogen and oxygen atoms in total. The number of nitrogens with two attached hydrogens (primary N) is 1. The molecule has 3 N–H and O–H groups in total. The van der Waals surface area contributed by atoms with Gasteiger partial charge in [-0.3, -0.25) is 4.99 Å². The van der Waals surface area contributed by atoms with Gasteiger partial charge in [0.1, 0.15) is 11.7 Å². The maximum atomic E-state index is 14.1. The number of halogens is 1. The Bertz CT molecular complexity index is 757. The minimum Gasteiger partial charge on any atom is -0.399 e. The van der Waals surface area contributed by atoms with E-state index in [4.69, 9.17) is 5.73 Å². The second-order valence-electron chi connectivity index (χ2n) is 5.67. The van der Waals surface area contributed by atoms with Crippen molar-refractivity contribution in [2.45, 2.75) is 27.2 Å². The third kappa shape index (κ3) is 5.34. The van der Waals surface area contributed by atoms with Gasteiger partial charge in [-0.1, -0.05) is 31.7 Å². The topological polar surface area (TPSA) is 53.6 Å². The smallest absolute Gasteiger partial charge is 0.146 e. The summed E-state index contributed by atoms with van der Waals surface area (Å²) in [6.45, 7) is 10.2. The molecule has 0 aliphatic rings. The first-order valence-corrected chi connectivity index (χ1v) is 8.60. The number of nitrogens with one attached hydrogen (secondary N) is 1. The van der Waals surface area contributed by atoms with Crippen LogP contribution >= 0.6 is 0 Å². The molecule has 140 valence electrons. The molecule has 0 aromatic heterocycles. The quantitative estimate of drug-likeness (QED) is 0.309. The highest BCUT2D eigenvalue weighted by Gasteiger charge is 2.16. The van der Waals surface area contributed by atoms with E-state index >= 15 is 0 Å². The summed E-state index contributed by atoms with van der Waals surface area (Å²) < 4.78 is 14.1. The lowest BCUT2D eigenvalue weighted by atomic mass is 10.1. The number of likely N-dealkylation sites (N-methyl/N-ethyl adjacent to an activating group) is 1. The summed E-state index contributed by atoms with van der Waals surface area (Å²) in [6, 6.07) is 4.39. The molecule has 0 amide bonds. The first-order chi connectivity index (χ1) is 12.4. The molecule has 0 aliphatic heterocycles. The number of nitrogens with zero attached hydrogens (tertiary/aromatic N) is 2. The van der Waals surface area contributed by atoms with E-state index in [-0.39, 0.29) is 5.69 Å². The summed E-state index contributed by atoms with van der Waals surface area (Å²) in [4.78, 5) is 6.26. The lowest BCUT2D eigenvalue weighted by molar-refractivity contribution is 0.550. The number of rotatable bonds is 7. The van der Waals surface area contributed by atoms with Crippen LogP contribution in [0.4, 0.5) is 15.8 Å². The molecule has 5 heteroatoms. The van der Waals surface area contributed by atoms with Crippen LogP contribution in [0.15, 0.2) is 71.0 Å². The second-order valence-corrected chi connectivity index (χ2v) is 5.67. The number of hydrogen-bond donors (Lipinski definition) is 2. The Morgan fingerprint density at radius 1 is 1.35 bits per heavy atom. The zero-order chi connectivity index (χ0) is 19.7. The van der Waals surface area contributed by atoms with Crippen LogP contribution in [0.3, 0.4) is 0 Å². The van der Waals surface area contributed by atoms with Gasteiger partial charge in [0.05, 0.1) is 5.69 Å². The third-order valence-electron chi connectivity index (χ3n) is 3.93. The molecule has 1 aromatic rings. The van der Waals surface area contributed by atoms with Crippen molar-refractivity contribution >= 4 is 17.2 Å². The van der Waals surface area contributed by atoms with Crippen molar-refractivity contribution in [2.24, 2.45) is 4.99 Å². The van der Waals surface area contributed by atoms with Crippen LogP contribution in [0.1, 0.15) is 27.2 Å². The van der Waals surface area contributed by atoms with Gasteiger partial charge in [-0.15, -0.1) is 0 Å². The molecular formula is C21H29FN4. The first kappa shape index (κ1) is 21.2. The lowest BCUT2D eigenvalue weighted by Crippen LogP contribution is -2.24. The van der Waals surface area contributed by atoms with Gasteiger partial charge in [0, 0.05) is 36.7 Å². The Morgan fingerprint density at radius 2 is 2.04 bits per heavy atom. The maximum Gasteiger partial charge on any atom is 0.146 e. The predicted octanol–water partition coefficient (Wildman–Crippen LogP) is 5.11. The highest BCUT2D eigenvalue weighted by Crippen LogP contribution is 2.23. The first-order valence-electron chi connectivity index (χ1n) is 8.60. The van der Waals surface area contributed by atoms with Crippen LogP contribution < -0.4 is 11.1 Å². The molecule has 0 fully saturated rings. The van der Waals surface area contributed by atoms with Gasteiger partial charge >= 0.3 is 0 Å². The second kappa shape index (κ2) is 10.2. The zero-order valence-corrected chi connectivity index (χ0v) is 16.3. The van der Waals surface area contributed by atoms with Crippen molar-refractivity contribution in [3.63, 3.8) is 0 Å². The van der Waals surface area contributed by atoms with Crippen LogP contribution in [0.25, 0.3) is 0 Å². The number of anilines is 2. The van der Waals surface area contributed by atoms with Gasteiger partial charge < -0.3 is 16.0 Å². The van der Waals surface area contributed by atoms with Gasteiger partial charge in [0.25, 0.3) is 0 Å². The van der Waals surface area contributed by atoms with E-state index in [0.29, 0.717) is 11.5 Å². The monoisotopic (exact) mass is 356 g/mol. The number of allylic oxidation sites excluding steroid dienone is 4. The van der Waals surface area contributed by atoms with E-state index in [0.717, 1.165) is 23.4 Å². The van der Waals surface area contributed by atoms with E-state index in [2.05, 4.69) is 29.9 Å². The van der Waals surface area contributed by atoms with Crippen LogP contribution in [-0.4, -0.2) is 24.8 Å².